The second-order valence-corrected chi connectivity index (χ2v) is 7.40. The Morgan fingerprint density at radius 1 is 1.00 bits per heavy atom. The molecule has 0 radical (unpaired) electrons. The molecule has 1 aromatic heterocycles. The summed E-state index contributed by atoms with van der Waals surface area (Å²) in [6, 6.07) is 17.1. The normalized spacial score (nSPS) is 10.6. The number of nitrogens with zero attached hydrogens (tertiary/aromatic N) is 4. The predicted molar refractivity (Wildman–Crippen MR) is 114 cm³/mol. The van der Waals surface area contributed by atoms with Gasteiger partial charge in [0.15, 0.2) is 0 Å². The van der Waals surface area contributed by atoms with Crippen molar-refractivity contribution in [3.8, 4) is 11.3 Å². The van der Waals surface area contributed by atoms with Gasteiger partial charge >= 0.3 is 0 Å². The van der Waals surface area contributed by atoms with E-state index in [0.29, 0.717) is 22.8 Å². The van der Waals surface area contributed by atoms with Gasteiger partial charge in [0.1, 0.15) is 5.69 Å². The molecule has 6 nitrogen and oxygen atoms in total. The van der Waals surface area contributed by atoms with Crippen molar-refractivity contribution in [2.45, 2.75) is 6.54 Å². The first kappa shape index (κ1) is 20.6. The van der Waals surface area contributed by atoms with Gasteiger partial charge in [-0.15, -0.1) is 0 Å². The smallest absolute Gasteiger partial charge is 0.257 e. The number of benzene rings is 2. The van der Waals surface area contributed by atoms with Crippen LogP contribution >= 0.6 is 11.6 Å². The molecule has 3 rings (SSSR count). The third kappa shape index (κ3) is 4.84. The Labute approximate surface area is 175 Å². The summed E-state index contributed by atoms with van der Waals surface area (Å²) in [4.78, 5) is 28.0. The van der Waals surface area contributed by atoms with Gasteiger partial charge in [-0.25, -0.2) is 0 Å². The molecule has 0 spiro atoms. The molecule has 2 amide bonds. The lowest BCUT2D eigenvalue weighted by atomic mass is 10.1. The average Bonchev–Trinajstić information content (AvgIpc) is 3.13. The maximum absolute atomic E-state index is 13.1. The van der Waals surface area contributed by atoms with Crippen molar-refractivity contribution in [1.29, 1.82) is 0 Å². The van der Waals surface area contributed by atoms with E-state index in [1.54, 1.807) is 32.0 Å². The largest absolute Gasteiger partial charge is 0.347 e. The molecule has 0 bridgehead atoms. The summed E-state index contributed by atoms with van der Waals surface area (Å²) in [6.45, 7) is 0.433. The average molecular weight is 411 g/mol. The molecule has 0 saturated heterocycles. The highest BCUT2D eigenvalue weighted by Gasteiger charge is 2.23. The molecular formula is C22H23ClN4O2. The predicted octanol–water partition coefficient (Wildman–Crippen LogP) is 3.41. The van der Waals surface area contributed by atoms with Crippen molar-refractivity contribution >= 4 is 23.4 Å². The molecule has 0 fully saturated rings. The van der Waals surface area contributed by atoms with Gasteiger partial charge in [0.2, 0.25) is 5.91 Å². The number of hydrogen-bond acceptors (Lipinski definition) is 3. The molecule has 7 heteroatoms. The van der Waals surface area contributed by atoms with Gasteiger partial charge < -0.3 is 9.80 Å². The number of aromatic nitrogens is 2. The van der Waals surface area contributed by atoms with Gasteiger partial charge in [0.25, 0.3) is 5.91 Å². The molecule has 0 aliphatic rings. The first-order chi connectivity index (χ1) is 13.9. The minimum atomic E-state index is -0.260. The van der Waals surface area contributed by atoms with Crippen LogP contribution in [0.3, 0.4) is 0 Å². The minimum absolute atomic E-state index is 0.00421. The quantitative estimate of drug-likeness (QED) is 0.625. The number of amides is 2. The molecule has 0 aliphatic carbocycles. The van der Waals surface area contributed by atoms with Gasteiger partial charge in [-0.05, 0) is 11.6 Å². The fraction of sp³-hybridized carbons (Fsp3) is 0.227. The van der Waals surface area contributed by atoms with Crippen LogP contribution in [0.2, 0.25) is 5.02 Å². The maximum Gasteiger partial charge on any atom is 0.257 e. The highest BCUT2D eigenvalue weighted by molar-refractivity contribution is 6.31. The Kier molecular flexibility index (Phi) is 6.34. The van der Waals surface area contributed by atoms with Crippen LogP contribution < -0.4 is 0 Å². The number of carbonyl (C=O) groups excluding carboxylic acids is 2. The molecular weight excluding hydrogens is 388 g/mol. The summed E-state index contributed by atoms with van der Waals surface area (Å²) in [5, 5.41) is 5.29. The van der Waals surface area contributed by atoms with Crippen molar-refractivity contribution in [3.63, 3.8) is 0 Å². The third-order valence-electron chi connectivity index (χ3n) is 4.55. The fourth-order valence-corrected chi connectivity index (χ4v) is 3.09. The summed E-state index contributed by atoms with van der Waals surface area (Å²) >= 11 is 6.28. The van der Waals surface area contributed by atoms with E-state index in [2.05, 4.69) is 5.10 Å². The van der Waals surface area contributed by atoms with E-state index in [4.69, 9.17) is 11.6 Å². The van der Waals surface area contributed by atoms with Crippen molar-refractivity contribution in [3.05, 3.63) is 76.9 Å². The number of rotatable bonds is 6. The fourth-order valence-electron chi connectivity index (χ4n) is 2.89. The van der Waals surface area contributed by atoms with Crippen molar-refractivity contribution in [1.82, 2.24) is 19.6 Å². The maximum atomic E-state index is 13.1. The van der Waals surface area contributed by atoms with Gasteiger partial charge in [0.05, 0.1) is 18.7 Å². The molecule has 0 saturated carbocycles. The SMILES string of the molecule is CN(C)C(=O)CN(C)C(=O)c1cn(Cc2ccccc2Cl)nc1-c1ccccc1. The molecule has 2 aromatic carbocycles. The van der Waals surface area contributed by atoms with Gasteiger partial charge in [-0.2, -0.15) is 5.10 Å². The Hall–Kier alpha value is -3.12. The Morgan fingerprint density at radius 3 is 2.31 bits per heavy atom. The van der Waals surface area contributed by atoms with E-state index in [0.717, 1.165) is 11.1 Å². The zero-order chi connectivity index (χ0) is 21.0. The van der Waals surface area contributed by atoms with Crippen molar-refractivity contribution < 1.29 is 9.59 Å². The first-order valence-electron chi connectivity index (χ1n) is 9.18. The van der Waals surface area contributed by atoms with Crippen LogP contribution in [-0.2, 0) is 11.3 Å². The molecule has 0 aliphatic heterocycles. The number of hydrogen-bond donors (Lipinski definition) is 0. The van der Waals surface area contributed by atoms with Crippen LogP contribution in [0, 0.1) is 0 Å². The number of carbonyl (C=O) groups is 2. The van der Waals surface area contributed by atoms with E-state index >= 15 is 0 Å². The van der Waals surface area contributed by atoms with E-state index in [-0.39, 0.29) is 18.4 Å². The van der Waals surface area contributed by atoms with E-state index < -0.39 is 0 Å². The topological polar surface area (TPSA) is 58.4 Å². The zero-order valence-corrected chi connectivity index (χ0v) is 17.4. The second-order valence-electron chi connectivity index (χ2n) is 7.00. The van der Waals surface area contributed by atoms with Crippen molar-refractivity contribution in [2.24, 2.45) is 0 Å². The molecule has 3 aromatic rings. The Bertz CT molecular complexity index is 1010. The molecule has 1 heterocycles. The summed E-state index contributed by atoms with van der Waals surface area (Å²) in [5.74, 6) is -0.407. The van der Waals surface area contributed by atoms with Crippen molar-refractivity contribution in [2.75, 3.05) is 27.7 Å². The lowest BCUT2D eigenvalue weighted by molar-refractivity contribution is -0.129. The van der Waals surface area contributed by atoms with Crippen LogP contribution in [0.5, 0.6) is 0 Å². The molecule has 0 N–H and O–H groups in total. The molecule has 29 heavy (non-hydrogen) atoms. The van der Waals surface area contributed by atoms with Gasteiger partial charge in [-0.1, -0.05) is 60.1 Å². The summed E-state index contributed by atoms with van der Waals surface area (Å²) in [6.07, 6.45) is 1.71. The third-order valence-corrected chi connectivity index (χ3v) is 4.92. The second kappa shape index (κ2) is 8.92. The van der Waals surface area contributed by atoms with Crippen LogP contribution in [0.1, 0.15) is 15.9 Å². The standard InChI is InChI=1S/C22H23ClN4O2/c1-25(2)20(28)15-26(3)22(29)18-14-27(13-17-11-7-8-12-19(17)23)24-21(18)16-9-5-4-6-10-16/h4-12,14H,13,15H2,1-3H3. The van der Waals surface area contributed by atoms with Crippen LogP contribution in [0.4, 0.5) is 0 Å². The van der Waals surface area contributed by atoms with E-state index in [1.165, 1.54) is 9.80 Å². The molecule has 0 atom stereocenters. The van der Waals surface area contributed by atoms with Gasteiger partial charge in [-0.3, -0.25) is 14.3 Å². The Morgan fingerprint density at radius 2 is 1.66 bits per heavy atom. The lowest BCUT2D eigenvalue weighted by Crippen LogP contribution is -2.37. The summed E-state index contributed by atoms with van der Waals surface area (Å²) < 4.78 is 1.71. The highest BCUT2D eigenvalue weighted by Crippen LogP contribution is 2.24. The van der Waals surface area contributed by atoms with E-state index in [9.17, 15) is 9.59 Å². The van der Waals surface area contributed by atoms with Gasteiger partial charge in [0, 0.05) is 37.9 Å². The Balaban J connectivity index is 1.96. The summed E-state index contributed by atoms with van der Waals surface area (Å²) in [7, 11) is 4.94. The zero-order valence-electron chi connectivity index (χ0n) is 16.7. The lowest BCUT2D eigenvalue weighted by Gasteiger charge is -2.19. The monoisotopic (exact) mass is 410 g/mol. The van der Waals surface area contributed by atoms with Crippen LogP contribution in [-0.4, -0.2) is 59.1 Å². The number of likely N-dealkylation sites (N-methyl/N-ethyl adjacent to an activating group) is 2. The highest BCUT2D eigenvalue weighted by atomic mass is 35.5. The first-order valence-corrected chi connectivity index (χ1v) is 9.56. The molecule has 150 valence electrons. The minimum Gasteiger partial charge on any atom is -0.347 e. The van der Waals surface area contributed by atoms with E-state index in [1.807, 2.05) is 54.6 Å². The molecule has 0 unspecified atom stereocenters. The number of halogens is 1. The summed E-state index contributed by atoms with van der Waals surface area (Å²) in [5.41, 5.74) is 2.76. The van der Waals surface area contributed by atoms with Crippen LogP contribution in [0.25, 0.3) is 11.3 Å². The van der Waals surface area contributed by atoms with Crippen LogP contribution in [0.15, 0.2) is 60.8 Å².